The van der Waals surface area contributed by atoms with Gasteiger partial charge in [-0.3, -0.25) is 9.36 Å². The van der Waals surface area contributed by atoms with Crippen molar-refractivity contribution in [3.8, 4) is 0 Å². The van der Waals surface area contributed by atoms with E-state index in [1.54, 1.807) is 6.20 Å². The number of H-pyrrole nitrogens is 1. The van der Waals surface area contributed by atoms with E-state index in [1.807, 2.05) is 29.7 Å². The maximum absolute atomic E-state index is 13.2. The lowest BCUT2D eigenvalue weighted by Crippen LogP contribution is -2.26. The number of aromatic amines is 1. The number of aryl methyl sites for hydroxylation is 1. The van der Waals surface area contributed by atoms with E-state index in [0.29, 0.717) is 17.3 Å². The van der Waals surface area contributed by atoms with Crippen molar-refractivity contribution < 1.29 is 0 Å². The summed E-state index contributed by atoms with van der Waals surface area (Å²) >= 11 is 1.53. The third-order valence-corrected chi connectivity index (χ3v) is 5.76. The Bertz CT molecular complexity index is 1180. The van der Waals surface area contributed by atoms with Crippen LogP contribution in [0.2, 0.25) is 0 Å². The van der Waals surface area contributed by atoms with E-state index in [1.165, 1.54) is 30.9 Å². The maximum Gasteiger partial charge on any atom is 0.261 e. The van der Waals surface area contributed by atoms with Crippen LogP contribution in [-0.2, 0) is 12.3 Å². The van der Waals surface area contributed by atoms with Gasteiger partial charge in [-0.2, -0.15) is 0 Å². The fraction of sp³-hybridized carbons (Fsp3) is 0.316. The summed E-state index contributed by atoms with van der Waals surface area (Å²) in [6, 6.07) is 5.83. The van der Waals surface area contributed by atoms with Crippen LogP contribution in [0.5, 0.6) is 0 Å². The number of fused-ring (bicyclic) bond motifs is 2. The number of imidazole rings is 1. The zero-order chi connectivity index (χ0) is 18.4. The van der Waals surface area contributed by atoms with E-state index in [2.05, 4.69) is 19.9 Å². The van der Waals surface area contributed by atoms with Crippen LogP contribution in [0.15, 0.2) is 40.7 Å². The number of hydrogen-bond donors (Lipinski definition) is 1. The summed E-state index contributed by atoms with van der Waals surface area (Å²) in [7, 11) is 0. The SMILES string of the molecule is Cc1cccc2nc(CSc3nc4ncncc4[nH]3)n(CC3CC3)c(=O)c12. The van der Waals surface area contributed by atoms with Gasteiger partial charge < -0.3 is 4.98 Å². The first-order valence-electron chi connectivity index (χ1n) is 8.96. The lowest BCUT2D eigenvalue weighted by molar-refractivity contribution is 0.581. The van der Waals surface area contributed by atoms with Gasteiger partial charge in [-0.15, -0.1) is 0 Å². The second kappa shape index (κ2) is 6.45. The molecule has 1 saturated carbocycles. The van der Waals surface area contributed by atoms with Crippen molar-refractivity contribution in [1.29, 1.82) is 0 Å². The van der Waals surface area contributed by atoms with Crippen molar-refractivity contribution in [2.45, 2.75) is 37.2 Å². The van der Waals surface area contributed by atoms with Crippen LogP contribution in [0.1, 0.15) is 24.2 Å². The first-order chi connectivity index (χ1) is 13.2. The van der Waals surface area contributed by atoms with E-state index < -0.39 is 0 Å². The molecule has 27 heavy (non-hydrogen) atoms. The molecule has 8 heteroatoms. The van der Waals surface area contributed by atoms with E-state index in [0.717, 1.165) is 39.5 Å². The monoisotopic (exact) mass is 378 g/mol. The van der Waals surface area contributed by atoms with Crippen LogP contribution >= 0.6 is 11.8 Å². The third kappa shape index (κ3) is 3.10. The van der Waals surface area contributed by atoms with Crippen molar-refractivity contribution in [1.82, 2.24) is 29.5 Å². The van der Waals surface area contributed by atoms with Gasteiger partial charge in [0, 0.05) is 6.54 Å². The van der Waals surface area contributed by atoms with Crippen molar-refractivity contribution in [3.63, 3.8) is 0 Å². The lowest BCUT2D eigenvalue weighted by Gasteiger charge is -2.13. The molecule has 0 aliphatic heterocycles. The van der Waals surface area contributed by atoms with Crippen LogP contribution in [0.4, 0.5) is 0 Å². The molecule has 3 aromatic heterocycles. The van der Waals surface area contributed by atoms with E-state index in [4.69, 9.17) is 4.98 Å². The number of aromatic nitrogens is 6. The number of nitrogens with one attached hydrogen (secondary N) is 1. The van der Waals surface area contributed by atoms with E-state index in [-0.39, 0.29) is 5.56 Å². The van der Waals surface area contributed by atoms with Gasteiger partial charge >= 0.3 is 0 Å². The standard InChI is InChI=1S/C19H18N6OS/c1-11-3-2-4-13-16(11)18(26)25(8-12-5-6-12)15(22-13)9-27-19-23-14-7-20-10-21-17(14)24-19/h2-4,7,10,12H,5-6,8-9H2,1H3,(H,20,21,23,24). The fourth-order valence-corrected chi connectivity index (χ4v) is 4.09. The summed E-state index contributed by atoms with van der Waals surface area (Å²) in [6.45, 7) is 2.72. The Morgan fingerprint density at radius 2 is 2.19 bits per heavy atom. The first-order valence-corrected chi connectivity index (χ1v) is 9.95. The highest BCUT2D eigenvalue weighted by molar-refractivity contribution is 7.98. The largest absolute Gasteiger partial charge is 0.330 e. The molecule has 1 N–H and O–H groups in total. The molecule has 4 aromatic rings. The van der Waals surface area contributed by atoms with Gasteiger partial charge in [0.25, 0.3) is 5.56 Å². The Labute approximate surface area is 159 Å². The Morgan fingerprint density at radius 3 is 3.00 bits per heavy atom. The molecule has 0 saturated heterocycles. The predicted octanol–water partition coefficient (Wildman–Crippen LogP) is 3.07. The van der Waals surface area contributed by atoms with Gasteiger partial charge in [0.15, 0.2) is 10.8 Å². The van der Waals surface area contributed by atoms with Crippen molar-refractivity contribution >= 4 is 33.8 Å². The minimum atomic E-state index is 0.0658. The number of benzene rings is 1. The summed E-state index contributed by atoms with van der Waals surface area (Å²) in [6.07, 6.45) is 5.57. The van der Waals surface area contributed by atoms with Gasteiger partial charge in [-0.25, -0.2) is 19.9 Å². The molecule has 0 bridgehead atoms. The molecule has 5 rings (SSSR count). The van der Waals surface area contributed by atoms with Crippen molar-refractivity contribution in [3.05, 3.63) is 52.5 Å². The molecule has 0 amide bonds. The maximum atomic E-state index is 13.2. The second-order valence-corrected chi connectivity index (χ2v) is 7.91. The predicted molar refractivity (Wildman–Crippen MR) is 105 cm³/mol. The molecule has 1 aromatic carbocycles. The van der Waals surface area contributed by atoms with Crippen molar-refractivity contribution in [2.75, 3.05) is 0 Å². The number of nitrogens with zero attached hydrogens (tertiary/aromatic N) is 5. The minimum Gasteiger partial charge on any atom is -0.330 e. The Morgan fingerprint density at radius 1 is 1.30 bits per heavy atom. The summed E-state index contributed by atoms with van der Waals surface area (Å²) in [5.41, 5.74) is 3.25. The zero-order valence-electron chi connectivity index (χ0n) is 14.8. The normalized spacial score (nSPS) is 14.3. The molecule has 0 radical (unpaired) electrons. The van der Waals surface area contributed by atoms with Gasteiger partial charge in [0.05, 0.1) is 22.9 Å². The molecular formula is C19H18N6OS. The topological polar surface area (TPSA) is 89.3 Å². The average Bonchev–Trinajstić information content (AvgIpc) is 3.38. The lowest BCUT2D eigenvalue weighted by atomic mass is 10.1. The summed E-state index contributed by atoms with van der Waals surface area (Å²) < 4.78 is 1.86. The van der Waals surface area contributed by atoms with Gasteiger partial charge in [0.2, 0.25) is 0 Å². The highest BCUT2D eigenvalue weighted by Gasteiger charge is 2.24. The fourth-order valence-electron chi connectivity index (χ4n) is 3.27. The molecule has 0 unspecified atom stereocenters. The number of hydrogen-bond acceptors (Lipinski definition) is 6. The Kier molecular flexibility index (Phi) is 3.93. The average molecular weight is 378 g/mol. The van der Waals surface area contributed by atoms with Gasteiger partial charge in [-0.05, 0) is 37.3 Å². The first kappa shape index (κ1) is 16.4. The molecule has 1 aliphatic rings. The van der Waals surface area contributed by atoms with E-state index >= 15 is 0 Å². The van der Waals surface area contributed by atoms with Gasteiger partial charge in [0.1, 0.15) is 17.7 Å². The highest BCUT2D eigenvalue weighted by Crippen LogP contribution is 2.31. The molecule has 0 atom stereocenters. The molecule has 136 valence electrons. The smallest absolute Gasteiger partial charge is 0.261 e. The quantitative estimate of drug-likeness (QED) is 0.537. The number of thioether (sulfide) groups is 1. The van der Waals surface area contributed by atoms with E-state index in [9.17, 15) is 4.79 Å². The second-order valence-electron chi connectivity index (χ2n) is 6.95. The van der Waals surface area contributed by atoms with Gasteiger partial charge in [-0.1, -0.05) is 23.9 Å². The van der Waals surface area contributed by atoms with Crippen LogP contribution in [0.25, 0.3) is 22.1 Å². The molecule has 0 spiro atoms. The highest BCUT2D eigenvalue weighted by atomic mass is 32.2. The summed E-state index contributed by atoms with van der Waals surface area (Å²) in [5, 5.41) is 1.48. The van der Waals surface area contributed by atoms with Crippen LogP contribution in [0.3, 0.4) is 0 Å². The molecule has 1 aliphatic carbocycles. The molecule has 3 heterocycles. The van der Waals surface area contributed by atoms with Crippen LogP contribution in [-0.4, -0.2) is 29.5 Å². The minimum absolute atomic E-state index is 0.0658. The van der Waals surface area contributed by atoms with Crippen molar-refractivity contribution in [2.24, 2.45) is 5.92 Å². The summed E-state index contributed by atoms with van der Waals surface area (Å²) in [4.78, 5) is 33.8. The van der Waals surface area contributed by atoms with Crippen LogP contribution < -0.4 is 5.56 Å². The molecule has 1 fully saturated rings. The number of rotatable bonds is 5. The Hall–Kier alpha value is -2.74. The van der Waals surface area contributed by atoms with Crippen LogP contribution in [0, 0.1) is 12.8 Å². The molecular weight excluding hydrogens is 360 g/mol. The zero-order valence-corrected chi connectivity index (χ0v) is 15.7. The summed E-state index contributed by atoms with van der Waals surface area (Å²) in [5.74, 6) is 1.96. The molecule has 7 nitrogen and oxygen atoms in total. The third-order valence-electron chi connectivity index (χ3n) is 4.89. The Balaban J connectivity index is 1.53.